The highest BCUT2D eigenvalue weighted by molar-refractivity contribution is 5.92. The van der Waals surface area contributed by atoms with Gasteiger partial charge < -0.3 is 15.4 Å². The van der Waals surface area contributed by atoms with Crippen molar-refractivity contribution in [3.63, 3.8) is 0 Å². The van der Waals surface area contributed by atoms with Crippen LogP contribution < -0.4 is 15.4 Å². The van der Waals surface area contributed by atoms with Crippen LogP contribution in [0.1, 0.15) is 66.7 Å². The lowest BCUT2D eigenvalue weighted by atomic mass is 9.85. The Morgan fingerprint density at radius 2 is 1.91 bits per heavy atom. The van der Waals surface area contributed by atoms with E-state index in [0.29, 0.717) is 29.5 Å². The van der Waals surface area contributed by atoms with Crippen LogP contribution in [0.15, 0.2) is 30.3 Å². The summed E-state index contributed by atoms with van der Waals surface area (Å²) in [4.78, 5) is 24.4. The van der Waals surface area contributed by atoms with Gasteiger partial charge in [-0.25, -0.2) is 0 Å². The van der Waals surface area contributed by atoms with E-state index in [2.05, 4.69) is 16.7 Å². The molecule has 0 spiro atoms. The maximum absolute atomic E-state index is 12.8. The van der Waals surface area contributed by atoms with Crippen LogP contribution in [0.2, 0.25) is 0 Å². The molecule has 2 N–H and O–H groups in total. The summed E-state index contributed by atoms with van der Waals surface area (Å²) >= 11 is 0. The molecule has 4 rings (SSSR count). The highest BCUT2D eigenvalue weighted by Crippen LogP contribution is 2.45. The molecule has 0 atom stereocenters. The number of nitriles is 1. The fourth-order valence-corrected chi connectivity index (χ4v) is 4.84. The topological polar surface area (TPSA) is 117 Å². The number of hydrogen-bond acceptors (Lipinski definition) is 6. The van der Waals surface area contributed by atoms with Crippen molar-refractivity contribution in [3.05, 3.63) is 62.7 Å². The lowest BCUT2D eigenvalue weighted by Crippen LogP contribution is -2.36. The van der Waals surface area contributed by atoms with Gasteiger partial charge in [0.1, 0.15) is 11.8 Å². The van der Waals surface area contributed by atoms with E-state index < -0.39 is 0 Å². The lowest BCUT2D eigenvalue weighted by Gasteiger charge is -2.29. The predicted molar refractivity (Wildman–Crippen MR) is 129 cm³/mol. The Hall–Kier alpha value is -3.44. The zero-order valence-electron chi connectivity index (χ0n) is 19.6. The number of hydrogen-bond donors (Lipinski definition) is 2. The number of rotatable bonds is 8. The molecule has 0 aromatic heterocycles. The molecule has 0 radical (unpaired) electrons. The summed E-state index contributed by atoms with van der Waals surface area (Å²) < 4.78 is 5.15. The number of benzene rings is 2. The van der Waals surface area contributed by atoms with Crippen LogP contribution in [0.5, 0.6) is 5.75 Å². The SMILES string of the molecule is COc1ccc(NC(=O)C2CCC(NCc3c(C)ccc(C4CC4)c3[N+](=O)[O-])CC2)cc1C#N. The number of aryl methyl sites for hydroxylation is 1. The molecule has 0 aliphatic heterocycles. The van der Waals surface area contributed by atoms with Gasteiger partial charge in [0, 0.05) is 35.3 Å². The first-order valence-corrected chi connectivity index (χ1v) is 11.8. The van der Waals surface area contributed by atoms with Crippen LogP contribution in [0.4, 0.5) is 11.4 Å². The van der Waals surface area contributed by atoms with E-state index in [-0.39, 0.29) is 28.5 Å². The second-order valence-electron chi connectivity index (χ2n) is 9.28. The Labute approximate surface area is 199 Å². The molecule has 8 heteroatoms. The summed E-state index contributed by atoms with van der Waals surface area (Å²) in [5.41, 5.74) is 3.82. The first kappa shape index (κ1) is 23.7. The number of anilines is 1. The zero-order valence-corrected chi connectivity index (χ0v) is 19.6. The van der Waals surface area contributed by atoms with Crippen LogP contribution in [-0.2, 0) is 11.3 Å². The third-order valence-electron chi connectivity index (χ3n) is 7.00. The molecule has 2 aliphatic carbocycles. The second-order valence-corrected chi connectivity index (χ2v) is 9.28. The monoisotopic (exact) mass is 462 g/mol. The lowest BCUT2D eigenvalue weighted by molar-refractivity contribution is -0.386. The van der Waals surface area contributed by atoms with Gasteiger partial charge in [0.15, 0.2) is 0 Å². The van der Waals surface area contributed by atoms with Crippen LogP contribution in [0, 0.1) is 34.3 Å². The van der Waals surface area contributed by atoms with E-state index in [1.54, 1.807) is 18.2 Å². The molecule has 8 nitrogen and oxygen atoms in total. The van der Waals surface area contributed by atoms with Crippen LogP contribution >= 0.6 is 0 Å². The molecule has 2 aromatic carbocycles. The first-order chi connectivity index (χ1) is 16.4. The third kappa shape index (κ3) is 5.20. The molecule has 0 unspecified atom stereocenters. The smallest absolute Gasteiger partial charge is 0.277 e. The van der Waals surface area contributed by atoms with Crippen molar-refractivity contribution in [2.24, 2.45) is 5.92 Å². The fourth-order valence-electron chi connectivity index (χ4n) is 4.84. The quantitative estimate of drug-likeness (QED) is 0.423. The highest BCUT2D eigenvalue weighted by atomic mass is 16.6. The van der Waals surface area contributed by atoms with Crippen LogP contribution in [0.3, 0.4) is 0 Å². The number of nitro benzene ring substituents is 1. The molecule has 0 heterocycles. The van der Waals surface area contributed by atoms with Gasteiger partial charge >= 0.3 is 0 Å². The zero-order chi connectivity index (χ0) is 24.2. The fraction of sp³-hybridized carbons (Fsp3) is 0.462. The largest absolute Gasteiger partial charge is 0.495 e. The van der Waals surface area contributed by atoms with Crippen molar-refractivity contribution >= 4 is 17.3 Å². The number of ether oxygens (including phenoxy) is 1. The normalized spacial score (nSPS) is 19.8. The van der Waals surface area contributed by atoms with Gasteiger partial charge in [0.05, 0.1) is 17.6 Å². The van der Waals surface area contributed by atoms with Crippen molar-refractivity contribution in [2.75, 3.05) is 12.4 Å². The molecule has 2 aromatic rings. The van der Waals surface area contributed by atoms with Crippen LogP contribution in [0.25, 0.3) is 0 Å². The van der Waals surface area contributed by atoms with Crippen LogP contribution in [-0.4, -0.2) is 24.0 Å². The van der Waals surface area contributed by atoms with Gasteiger partial charge in [-0.3, -0.25) is 14.9 Å². The van der Waals surface area contributed by atoms with Gasteiger partial charge in [-0.15, -0.1) is 0 Å². The maximum Gasteiger partial charge on any atom is 0.277 e. The van der Waals surface area contributed by atoms with Gasteiger partial charge in [-0.05, 0) is 75.1 Å². The first-order valence-electron chi connectivity index (χ1n) is 11.8. The predicted octanol–water partition coefficient (Wildman–Crippen LogP) is 4.95. The van der Waals surface area contributed by atoms with E-state index in [1.165, 1.54) is 7.11 Å². The molecular formula is C26H30N4O4. The Morgan fingerprint density at radius 1 is 1.18 bits per heavy atom. The average molecular weight is 463 g/mol. The number of nitrogens with zero attached hydrogens (tertiary/aromatic N) is 2. The minimum Gasteiger partial charge on any atom is -0.495 e. The number of methoxy groups -OCH3 is 1. The van der Waals surface area contributed by atoms with Crippen molar-refractivity contribution in [3.8, 4) is 11.8 Å². The number of carbonyl (C=O) groups excluding carboxylic acids is 1. The summed E-state index contributed by atoms with van der Waals surface area (Å²) in [7, 11) is 1.50. The number of amides is 1. The molecular weight excluding hydrogens is 432 g/mol. The second kappa shape index (κ2) is 10.2. The van der Waals surface area contributed by atoms with Crippen molar-refractivity contribution in [2.45, 2.75) is 64.0 Å². The Morgan fingerprint density at radius 3 is 2.53 bits per heavy atom. The summed E-state index contributed by atoms with van der Waals surface area (Å²) in [6, 6.07) is 11.2. The molecule has 2 aliphatic rings. The minimum atomic E-state index is -0.226. The Balaban J connectivity index is 1.33. The number of nitrogens with one attached hydrogen (secondary N) is 2. The standard InChI is InChI=1S/C26H30N4O4/c1-16-3-11-22(17-4-5-17)25(30(32)33)23(16)15-28-20-8-6-18(7-9-20)26(31)29-21-10-12-24(34-2)19(13-21)14-27/h3,10-13,17-18,20,28H,4-9,15H2,1-2H3,(H,29,31). The van der Waals surface area contributed by atoms with Crippen molar-refractivity contribution in [1.82, 2.24) is 5.32 Å². The van der Waals surface area contributed by atoms with E-state index in [4.69, 9.17) is 4.74 Å². The third-order valence-corrected chi connectivity index (χ3v) is 7.00. The summed E-state index contributed by atoms with van der Waals surface area (Å²) in [5.74, 6) is 0.657. The van der Waals surface area contributed by atoms with Gasteiger partial charge in [0.2, 0.25) is 5.91 Å². The summed E-state index contributed by atoms with van der Waals surface area (Å²) in [5, 5.41) is 27.5. The molecule has 178 valence electrons. The molecule has 34 heavy (non-hydrogen) atoms. The Kier molecular flexibility index (Phi) is 7.13. The van der Waals surface area contributed by atoms with E-state index in [1.807, 2.05) is 19.1 Å². The van der Waals surface area contributed by atoms with E-state index in [0.717, 1.165) is 55.2 Å². The van der Waals surface area contributed by atoms with Crippen molar-refractivity contribution < 1.29 is 14.5 Å². The summed E-state index contributed by atoms with van der Waals surface area (Å²) in [6.45, 7) is 2.39. The van der Waals surface area contributed by atoms with Gasteiger partial charge in [-0.1, -0.05) is 12.1 Å². The molecule has 2 saturated carbocycles. The Bertz CT molecular complexity index is 1130. The van der Waals surface area contributed by atoms with Gasteiger partial charge in [-0.2, -0.15) is 5.26 Å². The van der Waals surface area contributed by atoms with Crippen molar-refractivity contribution in [1.29, 1.82) is 5.26 Å². The summed E-state index contributed by atoms with van der Waals surface area (Å²) in [6.07, 6.45) is 5.20. The molecule has 1 amide bonds. The minimum absolute atomic E-state index is 0.0453. The maximum atomic E-state index is 12.8. The van der Waals surface area contributed by atoms with E-state index in [9.17, 15) is 20.2 Å². The average Bonchev–Trinajstić information content (AvgIpc) is 3.68. The molecule has 0 saturated heterocycles. The van der Waals surface area contributed by atoms with E-state index >= 15 is 0 Å². The molecule has 2 fully saturated rings. The number of carbonyl (C=O) groups is 1. The van der Waals surface area contributed by atoms with Gasteiger partial charge in [0.25, 0.3) is 5.69 Å². The molecule has 0 bridgehead atoms. The number of nitro groups is 1. The highest BCUT2D eigenvalue weighted by Gasteiger charge is 2.33.